The van der Waals surface area contributed by atoms with E-state index in [0.29, 0.717) is 42.5 Å². The predicted octanol–water partition coefficient (Wildman–Crippen LogP) is 4.71. The van der Waals surface area contributed by atoms with Gasteiger partial charge in [-0.05, 0) is 73.6 Å². The minimum Gasteiger partial charge on any atom is -0.457 e. The number of nitrogens with zero attached hydrogens (tertiary/aromatic N) is 2. The van der Waals surface area contributed by atoms with Crippen molar-refractivity contribution in [2.75, 3.05) is 37.3 Å². The molecule has 0 radical (unpaired) electrons. The number of rotatable bonds is 10. The number of methoxy groups -OCH3 is 1. The fourth-order valence-electron chi connectivity index (χ4n) is 5.40. The third-order valence-electron chi connectivity index (χ3n) is 7.74. The van der Waals surface area contributed by atoms with Gasteiger partial charge in [0.05, 0.1) is 11.9 Å². The lowest BCUT2D eigenvalue weighted by molar-refractivity contribution is -0.146. The molecule has 1 aliphatic heterocycles. The Morgan fingerprint density at radius 2 is 1.55 bits per heavy atom. The fraction of sp³-hybridized carbons (Fsp3) is 0.536. The summed E-state index contributed by atoms with van der Waals surface area (Å²) in [6.45, 7) is 2.79. The highest BCUT2D eigenvalue weighted by molar-refractivity contribution is 7.92. The van der Waals surface area contributed by atoms with E-state index in [-0.39, 0.29) is 12.4 Å². The molecular formula is C28H40ClN3O5S. The van der Waals surface area contributed by atoms with Gasteiger partial charge in [-0.15, -0.1) is 12.4 Å². The van der Waals surface area contributed by atoms with Crippen LogP contribution in [-0.2, 0) is 26.1 Å². The van der Waals surface area contributed by atoms with E-state index >= 15 is 0 Å². The highest BCUT2D eigenvalue weighted by atomic mass is 35.5. The molecule has 0 unspecified atom stereocenters. The molecule has 8 nitrogen and oxygen atoms in total. The number of carbonyl (C=O) groups excluding carboxylic acids is 1. The number of primary amides is 1. The third kappa shape index (κ3) is 7.62. The molecule has 0 aromatic heterocycles. The predicted molar refractivity (Wildman–Crippen MR) is 152 cm³/mol. The molecule has 2 aliphatic rings. The number of piperidine rings is 1. The van der Waals surface area contributed by atoms with Gasteiger partial charge in [-0.25, -0.2) is 8.42 Å². The monoisotopic (exact) mass is 565 g/mol. The molecule has 1 heterocycles. The topological polar surface area (TPSA) is 102 Å². The van der Waals surface area contributed by atoms with Crippen LogP contribution in [0.5, 0.6) is 11.5 Å². The second-order valence-electron chi connectivity index (χ2n) is 10.4. The number of likely N-dealkylation sites (tertiary alicyclic amines) is 1. The van der Waals surface area contributed by atoms with Gasteiger partial charge in [0.15, 0.2) is 0 Å². The standard InChI is InChI=1S/C28H39N3O5S.ClH/c1-35-28(27(29)32)16-18-30(19-17-28)20-23-8-12-25(13-9-23)36-26-14-10-24(11-15-26)31(37(2,33)34)21-22-6-4-3-5-7-22;/h8-15,22H,3-7,16-21H2,1-2H3,(H2,29,32);1H. The number of nitrogens with two attached hydrogens (primary N) is 1. The summed E-state index contributed by atoms with van der Waals surface area (Å²) in [5.41, 5.74) is 6.52. The van der Waals surface area contributed by atoms with Crippen LogP contribution in [0.1, 0.15) is 50.5 Å². The van der Waals surface area contributed by atoms with Crippen molar-refractivity contribution in [3.63, 3.8) is 0 Å². The highest BCUT2D eigenvalue weighted by Crippen LogP contribution is 2.31. The van der Waals surface area contributed by atoms with Crippen LogP contribution in [0, 0.1) is 5.92 Å². The van der Waals surface area contributed by atoms with Crippen molar-refractivity contribution < 1.29 is 22.7 Å². The van der Waals surface area contributed by atoms with E-state index in [9.17, 15) is 13.2 Å². The molecule has 2 N–H and O–H groups in total. The number of anilines is 1. The Balaban J connectivity index is 0.00000400. The van der Waals surface area contributed by atoms with E-state index in [0.717, 1.165) is 38.0 Å². The van der Waals surface area contributed by atoms with E-state index in [1.54, 1.807) is 7.11 Å². The maximum Gasteiger partial charge on any atom is 0.249 e. The Labute approximate surface area is 232 Å². The first-order chi connectivity index (χ1) is 17.7. The Hall–Kier alpha value is -2.33. The Kier molecular flexibility index (Phi) is 10.5. The lowest BCUT2D eigenvalue weighted by Gasteiger charge is -2.38. The maximum atomic E-state index is 12.5. The van der Waals surface area contributed by atoms with Crippen molar-refractivity contribution in [1.29, 1.82) is 0 Å². The molecule has 2 aromatic rings. The van der Waals surface area contributed by atoms with Gasteiger partial charge >= 0.3 is 0 Å². The second kappa shape index (κ2) is 13.2. The third-order valence-corrected chi connectivity index (χ3v) is 8.90. The number of carbonyl (C=O) groups is 1. The molecular weight excluding hydrogens is 526 g/mol. The van der Waals surface area contributed by atoms with Crippen LogP contribution in [0.15, 0.2) is 48.5 Å². The van der Waals surface area contributed by atoms with Crippen LogP contribution in [0.3, 0.4) is 0 Å². The van der Waals surface area contributed by atoms with Gasteiger partial charge in [0.2, 0.25) is 15.9 Å². The lowest BCUT2D eigenvalue weighted by atomic mass is 9.89. The van der Waals surface area contributed by atoms with E-state index < -0.39 is 21.5 Å². The van der Waals surface area contributed by atoms with Gasteiger partial charge in [0.1, 0.15) is 17.1 Å². The zero-order valence-corrected chi connectivity index (χ0v) is 23.9. The number of ether oxygens (including phenoxy) is 2. The second-order valence-corrected chi connectivity index (χ2v) is 12.3. The molecule has 0 bridgehead atoms. The Bertz CT molecular complexity index is 1140. The number of hydrogen-bond donors (Lipinski definition) is 1. The molecule has 38 heavy (non-hydrogen) atoms. The van der Waals surface area contributed by atoms with E-state index in [1.165, 1.54) is 29.8 Å². The van der Waals surface area contributed by atoms with Gasteiger partial charge in [0, 0.05) is 33.3 Å². The first-order valence-electron chi connectivity index (χ1n) is 13.1. The van der Waals surface area contributed by atoms with Crippen molar-refractivity contribution in [3.8, 4) is 11.5 Å². The summed E-state index contributed by atoms with van der Waals surface area (Å²) in [5, 5.41) is 0. The number of hydrogen-bond acceptors (Lipinski definition) is 6. The molecule has 2 aromatic carbocycles. The van der Waals surface area contributed by atoms with E-state index in [4.69, 9.17) is 15.2 Å². The van der Waals surface area contributed by atoms with Gasteiger partial charge in [0.25, 0.3) is 0 Å². The lowest BCUT2D eigenvalue weighted by Crippen LogP contribution is -2.53. The summed E-state index contributed by atoms with van der Waals surface area (Å²) in [6, 6.07) is 15.2. The van der Waals surface area contributed by atoms with Crippen molar-refractivity contribution in [2.24, 2.45) is 11.7 Å². The van der Waals surface area contributed by atoms with Gasteiger partial charge < -0.3 is 15.2 Å². The maximum absolute atomic E-state index is 12.5. The smallest absolute Gasteiger partial charge is 0.249 e. The minimum atomic E-state index is -3.36. The first-order valence-corrected chi connectivity index (χ1v) is 15.0. The molecule has 0 spiro atoms. The Morgan fingerprint density at radius 1 is 1.00 bits per heavy atom. The first kappa shape index (κ1) is 30.2. The zero-order chi connectivity index (χ0) is 26.5. The minimum absolute atomic E-state index is 0. The number of sulfonamides is 1. The molecule has 1 saturated heterocycles. The van der Waals surface area contributed by atoms with Crippen LogP contribution in [0.4, 0.5) is 5.69 Å². The SMILES string of the molecule is COC1(C(N)=O)CCN(Cc2ccc(Oc3ccc(N(CC4CCCCC4)S(C)(=O)=O)cc3)cc2)CC1.Cl. The Morgan fingerprint density at radius 3 is 2.05 bits per heavy atom. The van der Waals surface area contributed by atoms with Crippen molar-refractivity contribution in [2.45, 2.75) is 57.1 Å². The quantitative estimate of drug-likeness (QED) is 0.447. The molecule has 1 saturated carbocycles. The van der Waals surface area contributed by atoms with E-state index in [2.05, 4.69) is 4.90 Å². The zero-order valence-electron chi connectivity index (χ0n) is 22.3. The molecule has 10 heteroatoms. The van der Waals surface area contributed by atoms with Crippen LogP contribution < -0.4 is 14.8 Å². The number of amides is 1. The average molecular weight is 566 g/mol. The summed E-state index contributed by atoms with van der Waals surface area (Å²) in [4.78, 5) is 14.1. The summed E-state index contributed by atoms with van der Waals surface area (Å²) in [5.74, 6) is 1.39. The normalized spacial score (nSPS) is 18.4. The van der Waals surface area contributed by atoms with Gasteiger partial charge in [-0.3, -0.25) is 14.0 Å². The van der Waals surface area contributed by atoms with Crippen LogP contribution >= 0.6 is 12.4 Å². The number of benzene rings is 2. The average Bonchev–Trinajstić information content (AvgIpc) is 2.89. The van der Waals surface area contributed by atoms with E-state index in [1.807, 2.05) is 48.5 Å². The summed E-state index contributed by atoms with van der Waals surface area (Å²) < 4.78 is 38.0. The molecule has 1 amide bonds. The molecule has 1 aliphatic carbocycles. The van der Waals surface area contributed by atoms with Crippen LogP contribution in [0.2, 0.25) is 0 Å². The molecule has 0 atom stereocenters. The van der Waals surface area contributed by atoms with Gasteiger partial charge in [-0.1, -0.05) is 31.4 Å². The molecule has 210 valence electrons. The van der Waals surface area contributed by atoms with Crippen LogP contribution in [-0.4, -0.2) is 57.8 Å². The fourth-order valence-corrected chi connectivity index (χ4v) is 6.38. The number of halogens is 1. The largest absolute Gasteiger partial charge is 0.457 e. The molecule has 2 fully saturated rings. The highest BCUT2D eigenvalue weighted by Gasteiger charge is 2.39. The van der Waals surface area contributed by atoms with Gasteiger partial charge in [-0.2, -0.15) is 0 Å². The van der Waals surface area contributed by atoms with Crippen molar-refractivity contribution in [1.82, 2.24) is 4.90 Å². The summed E-state index contributed by atoms with van der Waals surface area (Å²) in [7, 11) is -1.81. The summed E-state index contributed by atoms with van der Waals surface area (Å²) >= 11 is 0. The molecule has 4 rings (SSSR count). The summed E-state index contributed by atoms with van der Waals surface area (Å²) in [6.07, 6.45) is 8.22. The van der Waals surface area contributed by atoms with Crippen LogP contribution in [0.25, 0.3) is 0 Å². The van der Waals surface area contributed by atoms with Crippen molar-refractivity contribution in [3.05, 3.63) is 54.1 Å². The van der Waals surface area contributed by atoms with Crippen molar-refractivity contribution >= 4 is 34.0 Å².